The molecule has 1 fully saturated rings. The van der Waals surface area contributed by atoms with Crippen LogP contribution < -0.4 is 10.6 Å². The molecule has 1 aliphatic rings. The number of methoxy groups -OCH3 is 1. The summed E-state index contributed by atoms with van der Waals surface area (Å²) < 4.78 is 9.94. The van der Waals surface area contributed by atoms with Gasteiger partial charge in [-0.25, -0.2) is 4.98 Å². The summed E-state index contributed by atoms with van der Waals surface area (Å²) in [5.74, 6) is 5.84. The second-order valence-corrected chi connectivity index (χ2v) is 12.3. The molecule has 2 aromatic rings. The SMILES string of the molecule is CC.CC#CCNCC(C)(C)CC(=O)N1CCC(OCCCC)C1.CC(=O)NCc1ccc(-c2scnc2C)cc1.COC(C)=O. The fraction of sp³-hybridized carbons (Fsp3) is 0.611. The minimum atomic E-state index is -0.245. The summed E-state index contributed by atoms with van der Waals surface area (Å²) in [7, 11) is 1.35. The van der Waals surface area contributed by atoms with Crippen molar-refractivity contribution in [1.82, 2.24) is 20.5 Å². The van der Waals surface area contributed by atoms with Gasteiger partial charge in [0.15, 0.2) is 0 Å². The topological polar surface area (TPSA) is 110 Å². The number of nitrogens with zero attached hydrogens (tertiary/aromatic N) is 2. The molecular formula is C36H58N4O5S. The number of thiazole rings is 1. The predicted molar refractivity (Wildman–Crippen MR) is 189 cm³/mol. The molecule has 1 aromatic carbocycles. The number of carbonyl (C=O) groups excluding carboxylic acids is 3. The zero-order valence-electron chi connectivity index (χ0n) is 29.9. The lowest BCUT2D eigenvalue weighted by Crippen LogP contribution is -2.37. The van der Waals surface area contributed by atoms with Crippen molar-refractivity contribution in [2.45, 2.75) is 101 Å². The van der Waals surface area contributed by atoms with Crippen LogP contribution in [0.5, 0.6) is 0 Å². The highest BCUT2D eigenvalue weighted by atomic mass is 32.1. The Hall–Kier alpha value is -3.26. The van der Waals surface area contributed by atoms with Gasteiger partial charge in [-0.05, 0) is 43.2 Å². The first-order chi connectivity index (χ1) is 21.9. The summed E-state index contributed by atoms with van der Waals surface area (Å²) in [6, 6.07) is 8.20. The van der Waals surface area contributed by atoms with Crippen LogP contribution in [0.1, 0.15) is 92.3 Å². The maximum atomic E-state index is 12.4. The number of likely N-dealkylation sites (tertiary alicyclic amines) is 1. The molecule has 46 heavy (non-hydrogen) atoms. The molecule has 3 rings (SSSR count). The molecule has 2 N–H and O–H groups in total. The Morgan fingerprint density at radius 3 is 2.33 bits per heavy atom. The third-order valence-electron chi connectivity index (χ3n) is 6.76. The van der Waals surface area contributed by atoms with Crippen LogP contribution in [0.15, 0.2) is 29.8 Å². The largest absolute Gasteiger partial charge is 0.469 e. The van der Waals surface area contributed by atoms with Crippen molar-refractivity contribution in [3.8, 4) is 22.3 Å². The highest BCUT2D eigenvalue weighted by Gasteiger charge is 2.30. The fourth-order valence-corrected chi connectivity index (χ4v) is 5.01. The number of hydrogen-bond donors (Lipinski definition) is 2. The van der Waals surface area contributed by atoms with Gasteiger partial charge in [0.05, 0.1) is 35.8 Å². The summed E-state index contributed by atoms with van der Waals surface area (Å²) in [6.45, 7) is 21.6. The molecule has 2 amide bonds. The van der Waals surface area contributed by atoms with E-state index in [0.717, 1.165) is 56.8 Å². The second-order valence-electron chi connectivity index (χ2n) is 11.4. The maximum Gasteiger partial charge on any atom is 0.302 e. The van der Waals surface area contributed by atoms with Crippen molar-refractivity contribution in [3.05, 3.63) is 41.0 Å². The monoisotopic (exact) mass is 658 g/mol. The van der Waals surface area contributed by atoms with Crippen molar-refractivity contribution in [2.75, 3.05) is 39.9 Å². The first kappa shape index (κ1) is 42.7. The third kappa shape index (κ3) is 19.3. The van der Waals surface area contributed by atoms with Crippen LogP contribution >= 0.6 is 11.3 Å². The number of carbonyl (C=O) groups is 3. The number of esters is 1. The molecule has 1 unspecified atom stereocenters. The van der Waals surface area contributed by atoms with E-state index in [-0.39, 0.29) is 29.3 Å². The molecule has 0 bridgehead atoms. The van der Waals surface area contributed by atoms with E-state index < -0.39 is 0 Å². The predicted octanol–water partition coefficient (Wildman–Crippen LogP) is 6.39. The fourth-order valence-electron chi connectivity index (χ4n) is 4.20. The summed E-state index contributed by atoms with van der Waals surface area (Å²) in [5, 5.41) is 6.08. The Morgan fingerprint density at radius 1 is 1.15 bits per heavy atom. The van der Waals surface area contributed by atoms with Crippen LogP contribution in [0, 0.1) is 24.2 Å². The lowest BCUT2D eigenvalue weighted by Gasteiger charge is -2.27. The number of amides is 2. The van der Waals surface area contributed by atoms with Crippen LogP contribution in [-0.2, 0) is 30.4 Å². The summed E-state index contributed by atoms with van der Waals surface area (Å²) >= 11 is 1.65. The van der Waals surface area contributed by atoms with Crippen LogP contribution in [0.4, 0.5) is 0 Å². The molecule has 2 heterocycles. The van der Waals surface area contributed by atoms with Crippen LogP contribution in [-0.4, -0.2) is 73.7 Å². The number of hydrogen-bond acceptors (Lipinski definition) is 8. The van der Waals surface area contributed by atoms with Gasteiger partial charge in [0, 0.05) is 53.1 Å². The average molecular weight is 659 g/mol. The van der Waals surface area contributed by atoms with Gasteiger partial charge in [-0.2, -0.15) is 0 Å². The van der Waals surface area contributed by atoms with Gasteiger partial charge >= 0.3 is 5.97 Å². The van der Waals surface area contributed by atoms with E-state index in [2.05, 4.69) is 65.1 Å². The standard InChI is InChI=1S/C18H32N2O2.C13H14N2OS.C3H6O2.C2H6/c1-5-7-10-19-15-18(3,4)13-17(21)20-11-9-16(14-20)22-12-8-6-2;1-9-13(17-8-15-9)12-5-3-11(4-6-12)7-14-10(2)16;1-3(4)5-2;1-2/h16,19H,6,8-15H2,1-4H3;3-6,8H,7H2,1-2H3,(H,14,16);1-2H3;1-2H3. The minimum Gasteiger partial charge on any atom is -0.469 e. The molecule has 0 aliphatic carbocycles. The Labute approximate surface area is 282 Å². The first-order valence-corrected chi connectivity index (χ1v) is 17.1. The van der Waals surface area contributed by atoms with Crippen molar-refractivity contribution >= 4 is 29.1 Å². The average Bonchev–Trinajstić information content (AvgIpc) is 3.69. The molecule has 10 heteroatoms. The molecule has 0 saturated carbocycles. The zero-order chi connectivity index (χ0) is 35.0. The van der Waals surface area contributed by atoms with Crippen molar-refractivity contribution in [1.29, 1.82) is 0 Å². The highest BCUT2D eigenvalue weighted by molar-refractivity contribution is 7.13. The second kappa shape index (κ2) is 24.9. The van der Waals surface area contributed by atoms with Gasteiger partial charge in [-0.15, -0.1) is 17.3 Å². The van der Waals surface area contributed by atoms with E-state index in [1.165, 1.54) is 31.4 Å². The van der Waals surface area contributed by atoms with Crippen molar-refractivity contribution in [3.63, 3.8) is 0 Å². The molecule has 0 radical (unpaired) electrons. The van der Waals surface area contributed by atoms with E-state index in [0.29, 0.717) is 19.5 Å². The first-order valence-electron chi connectivity index (χ1n) is 16.2. The van der Waals surface area contributed by atoms with E-state index in [1.807, 2.05) is 50.2 Å². The molecular weight excluding hydrogens is 600 g/mol. The van der Waals surface area contributed by atoms with Crippen LogP contribution in [0.25, 0.3) is 10.4 Å². The molecule has 258 valence electrons. The number of aryl methyl sites for hydroxylation is 1. The number of nitrogens with one attached hydrogen (secondary N) is 2. The van der Waals surface area contributed by atoms with E-state index in [4.69, 9.17) is 4.74 Å². The van der Waals surface area contributed by atoms with Gasteiger partial charge < -0.3 is 25.0 Å². The quantitative estimate of drug-likeness (QED) is 0.154. The number of ether oxygens (including phenoxy) is 2. The number of unbranched alkanes of at least 4 members (excludes halogenated alkanes) is 1. The van der Waals surface area contributed by atoms with Crippen LogP contribution in [0.3, 0.4) is 0 Å². The van der Waals surface area contributed by atoms with Crippen molar-refractivity contribution in [2.24, 2.45) is 5.41 Å². The van der Waals surface area contributed by atoms with Gasteiger partial charge in [0.1, 0.15) is 0 Å². The Balaban J connectivity index is 0.000000746. The van der Waals surface area contributed by atoms with Crippen LogP contribution in [0.2, 0.25) is 0 Å². The van der Waals surface area contributed by atoms with E-state index in [9.17, 15) is 14.4 Å². The molecule has 9 nitrogen and oxygen atoms in total. The molecule has 1 saturated heterocycles. The summed E-state index contributed by atoms with van der Waals surface area (Å²) in [4.78, 5) is 40.2. The lowest BCUT2D eigenvalue weighted by atomic mass is 9.88. The van der Waals surface area contributed by atoms with Gasteiger partial charge in [0.2, 0.25) is 11.8 Å². The highest BCUT2D eigenvalue weighted by Crippen LogP contribution is 2.27. The number of aromatic nitrogens is 1. The Bertz CT molecular complexity index is 1200. The zero-order valence-corrected chi connectivity index (χ0v) is 30.7. The molecule has 1 aliphatic heterocycles. The van der Waals surface area contributed by atoms with Gasteiger partial charge in [-0.1, -0.05) is 71.2 Å². The molecule has 1 atom stereocenters. The smallest absolute Gasteiger partial charge is 0.302 e. The maximum absolute atomic E-state index is 12.4. The molecule has 0 spiro atoms. The third-order valence-corrected chi connectivity index (χ3v) is 7.74. The summed E-state index contributed by atoms with van der Waals surface area (Å²) in [5.41, 5.74) is 5.15. The summed E-state index contributed by atoms with van der Waals surface area (Å²) in [6.07, 6.45) is 4.03. The Morgan fingerprint density at radius 2 is 1.80 bits per heavy atom. The van der Waals surface area contributed by atoms with Gasteiger partial charge in [-0.3, -0.25) is 14.4 Å². The lowest BCUT2D eigenvalue weighted by molar-refractivity contribution is -0.138. The van der Waals surface area contributed by atoms with Gasteiger partial charge in [0.25, 0.3) is 0 Å². The minimum absolute atomic E-state index is 0.00706. The number of benzene rings is 1. The Kier molecular flexibility index (Phi) is 23.1. The van der Waals surface area contributed by atoms with E-state index >= 15 is 0 Å². The number of rotatable bonds is 12. The normalized spacial score (nSPS) is 13.3. The molecule has 1 aromatic heterocycles. The van der Waals surface area contributed by atoms with E-state index in [1.54, 1.807) is 11.3 Å². The van der Waals surface area contributed by atoms with Crippen molar-refractivity contribution < 1.29 is 23.9 Å².